The van der Waals surface area contributed by atoms with Crippen molar-refractivity contribution in [2.75, 3.05) is 13.2 Å². The van der Waals surface area contributed by atoms with Crippen LogP contribution in [0.5, 0.6) is 11.5 Å². The van der Waals surface area contributed by atoms with E-state index in [9.17, 15) is 14.7 Å². The minimum absolute atomic E-state index is 0.0960. The Morgan fingerprint density at radius 1 is 1.25 bits per heavy atom. The van der Waals surface area contributed by atoms with Crippen LogP contribution < -0.4 is 4.74 Å². The lowest BCUT2D eigenvalue weighted by Crippen LogP contribution is -2.47. The van der Waals surface area contributed by atoms with Crippen LogP contribution in [-0.4, -0.2) is 41.4 Å². The molecule has 0 radical (unpaired) electrons. The molecule has 1 heterocycles. The van der Waals surface area contributed by atoms with Gasteiger partial charge in [0.05, 0.1) is 17.2 Å². The van der Waals surface area contributed by atoms with E-state index in [0.29, 0.717) is 35.6 Å². The summed E-state index contributed by atoms with van der Waals surface area (Å²) in [6.07, 6.45) is 5.07. The molecule has 1 atom stereocenters. The van der Waals surface area contributed by atoms with Gasteiger partial charge in [-0.15, -0.1) is 0 Å². The van der Waals surface area contributed by atoms with Crippen molar-refractivity contribution in [1.29, 1.82) is 0 Å². The molecule has 1 aliphatic rings. The van der Waals surface area contributed by atoms with Crippen LogP contribution in [-0.2, 0) is 0 Å². The van der Waals surface area contributed by atoms with Gasteiger partial charge in [-0.25, -0.2) is 0 Å². The van der Waals surface area contributed by atoms with Gasteiger partial charge >= 0.3 is 0 Å². The predicted molar refractivity (Wildman–Crippen MR) is 109 cm³/mol. The summed E-state index contributed by atoms with van der Waals surface area (Å²) in [5, 5.41) is 9.95. The Hall–Kier alpha value is -3.08. The number of benzene rings is 2. The first kappa shape index (κ1) is 19.7. The zero-order valence-electron chi connectivity index (χ0n) is 16.1. The van der Waals surface area contributed by atoms with Crippen LogP contribution in [0, 0.1) is 6.92 Å². The molecule has 146 valence electrons. The van der Waals surface area contributed by atoms with Gasteiger partial charge in [-0.3, -0.25) is 9.59 Å². The summed E-state index contributed by atoms with van der Waals surface area (Å²) in [6, 6.07) is 10.3. The molecular weight excluding hydrogens is 354 g/mol. The highest BCUT2D eigenvalue weighted by Crippen LogP contribution is 2.29. The van der Waals surface area contributed by atoms with E-state index in [1.54, 1.807) is 36.4 Å². The van der Waals surface area contributed by atoms with E-state index >= 15 is 0 Å². The summed E-state index contributed by atoms with van der Waals surface area (Å²) in [5.41, 5.74) is 2.21. The van der Waals surface area contributed by atoms with Crippen molar-refractivity contribution in [3.8, 4) is 11.5 Å². The molecule has 2 aromatic rings. The summed E-state index contributed by atoms with van der Waals surface area (Å²) >= 11 is 0. The summed E-state index contributed by atoms with van der Waals surface area (Å²) in [4.78, 5) is 26.5. The average molecular weight is 379 g/mol. The SMILES string of the molecule is C=Cc1c(O)cccc1OC[C@H]1CCCCN1C(=O)c1cccc(C)c1C=O. The smallest absolute Gasteiger partial charge is 0.254 e. The third-order valence-corrected chi connectivity index (χ3v) is 5.24. The van der Waals surface area contributed by atoms with Crippen molar-refractivity contribution in [3.05, 3.63) is 65.2 Å². The Kier molecular flexibility index (Phi) is 6.14. The quantitative estimate of drug-likeness (QED) is 0.763. The number of carbonyl (C=O) groups excluding carboxylic acids is 2. The Labute approximate surface area is 165 Å². The molecule has 1 saturated heterocycles. The number of aldehydes is 1. The lowest BCUT2D eigenvalue weighted by atomic mass is 9.98. The minimum Gasteiger partial charge on any atom is -0.507 e. The molecule has 1 amide bonds. The molecule has 0 unspecified atom stereocenters. The summed E-state index contributed by atoms with van der Waals surface area (Å²) < 4.78 is 5.95. The van der Waals surface area contributed by atoms with E-state index in [1.807, 2.05) is 17.9 Å². The Balaban J connectivity index is 1.81. The van der Waals surface area contributed by atoms with Crippen LogP contribution in [0.3, 0.4) is 0 Å². The van der Waals surface area contributed by atoms with Crippen molar-refractivity contribution >= 4 is 18.3 Å². The maximum absolute atomic E-state index is 13.2. The van der Waals surface area contributed by atoms with E-state index in [1.165, 1.54) is 0 Å². The van der Waals surface area contributed by atoms with Crippen molar-refractivity contribution in [3.63, 3.8) is 0 Å². The minimum atomic E-state index is -0.140. The number of piperidine rings is 1. The first-order valence-corrected chi connectivity index (χ1v) is 9.49. The molecule has 5 heteroatoms. The zero-order chi connectivity index (χ0) is 20.1. The van der Waals surface area contributed by atoms with Crippen molar-refractivity contribution < 1.29 is 19.4 Å². The molecule has 1 aliphatic heterocycles. The Morgan fingerprint density at radius 2 is 2.04 bits per heavy atom. The van der Waals surface area contributed by atoms with Gasteiger partial charge < -0.3 is 14.7 Å². The number of likely N-dealkylation sites (tertiary alicyclic amines) is 1. The van der Waals surface area contributed by atoms with Crippen LogP contribution in [0.25, 0.3) is 6.08 Å². The first-order chi connectivity index (χ1) is 13.6. The van der Waals surface area contributed by atoms with Gasteiger partial charge in [0.15, 0.2) is 6.29 Å². The lowest BCUT2D eigenvalue weighted by molar-refractivity contribution is 0.0526. The summed E-state index contributed by atoms with van der Waals surface area (Å²) in [6.45, 7) is 6.50. The number of rotatable bonds is 6. The second-order valence-electron chi connectivity index (χ2n) is 7.01. The number of amides is 1. The van der Waals surface area contributed by atoms with Gasteiger partial charge in [-0.2, -0.15) is 0 Å². The third-order valence-electron chi connectivity index (χ3n) is 5.24. The van der Waals surface area contributed by atoms with Crippen molar-refractivity contribution in [2.24, 2.45) is 0 Å². The van der Waals surface area contributed by atoms with Crippen LogP contribution in [0.4, 0.5) is 0 Å². The fourth-order valence-electron chi connectivity index (χ4n) is 3.67. The highest BCUT2D eigenvalue weighted by atomic mass is 16.5. The second kappa shape index (κ2) is 8.74. The molecule has 28 heavy (non-hydrogen) atoms. The average Bonchev–Trinajstić information content (AvgIpc) is 2.71. The first-order valence-electron chi connectivity index (χ1n) is 9.49. The highest BCUT2D eigenvalue weighted by molar-refractivity contribution is 6.02. The fraction of sp³-hybridized carbons (Fsp3) is 0.304. The molecule has 0 bridgehead atoms. The third kappa shape index (κ3) is 3.93. The maximum Gasteiger partial charge on any atom is 0.254 e. The van der Waals surface area contributed by atoms with Crippen LogP contribution in [0.2, 0.25) is 0 Å². The summed E-state index contributed by atoms with van der Waals surface area (Å²) in [7, 11) is 0. The number of hydrogen-bond donors (Lipinski definition) is 1. The van der Waals surface area contributed by atoms with Gasteiger partial charge in [0.25, 0.3) is 5.91 Å². The molecule has 5 nitrogen and oxygen atoms in total. The molecule has 2 aromatic carbocycles. The molecule has 1 fully saturated rings. The van der Waals surface area contributed by atoms with E-state index in [0.717, 1.165) is 31.1 Å². The molecule has 0 aromatic heterocycles. The maximum atomic E-state index is 13.2. The van der Waals surface area contributed by atoms with E-state index in [4.69, 9.17) is 4.74 Å². The number of phenols is 1. The van der Waals surface area contributed by atoms with Crippen LogP contribution >= 0.6 is 0 Å². The van der Waals surface area contributed by atoms with Gasteiger partial charge in [0, 0.05) is 12.1 Å². The van der Waals surface area contributed by atoms with Gasteiger partial charge in [0.2, 0.25) is 0 Å². The number of aromatic hydroxyl groups is 1. The molecule has 3 rings (SSSR count). The normalized spacial score (nSPS) is 16.5. The van der Waals surface area contributed by atoms with Crippen LogP contribution in [0.15, 0.2) is 43.0 Å². The second-order valence-corrected chi connectivity index (χ2v) is 7.01. The van der Waals surface area contributed by atoms with E-state index in [2.05, 4.69) is 6.58 Å². The molecule has 0 spiro atoms. The van der Waals surface area contributed by atoms with Gasteiger partial charge in [0.1, 0.15) is 18.1 Å². The number of carbonyl (C=O) groups is 2. The Morgan fingerprint density at radius 3 is 2.79 bits per heavy atom. The largest absolute Gasteiger partial charge is 0.507 e. The number of nitrogens with zero attached hydrogens (tertiary/aromatic N) is 1. The summed E-state index contributed by atoms with van der Waals surface area (Å²) in [5.74, 6) is 0.510. The fourth-order valence-corrected chi connectivity index (χ4v) is 3.67. The highest BCUT2D eigenvalue weighted by Gasteiger charge is 2.29. The number of hydrogen-bond acceptors (Lipinski definition) is 4. The number of phenolic OH excluding ortho intramolecular Hbond substituents is 1. The molecule has 0 aliphatic carbocycles. The van der Waals surface area contributed by atoms with Gasteiger partial charge in [-0.05, 0) is 49.9 Å². The lowest BCUT2D eigenvalue weighted by Gasteiger charge is -2.36. The number of aryl methyl sites for hydroxylation is 1. The zero-order valence-corrected chi connectivity index (χ0v) is 16.1. The number of ether oxygens (including phenoxy) is 1. The van der Waals surface area contributed by atoms with E-state index in [-0.39, 0.29) is 17.7 Å². The predicted octanol–water partition coefficient (Wildman–Crippen LogP) is 4.23. The van der Waals surface area contributed by atoms with Crippen molar-refractivity contribution in [1.82, 2.24) is 4.90 Å². The van der Waals surface area contributed by atoms with E-state index < -0.39 is 0 Å². The van der Waals surface area contributed by atoms with Crippen LogP contribution in [0.1, 0.15) is 51.1 Å². The topological polar surface area (TPSA) is 66.8 Å². The van der Waals surface area contributed by atoms with Gasteiger partial charge in [-0.1, -0.05) is 30.9 Å². The Bertz CT molecular complexity index is 890. The van der Waals surface area contributed by atoms with Crippen molar-refractivity contribution in [2.45, 2.75) is 32.2 Å². The molecule has 1 N–H and O–H groups in total. The molecule has 0 saturated carbocycles. The standard InChI is InChI=1S/C23H25NO4/c1-3-18-21(26)11-7-12-22(18)28-15-17-9-4-5-13-24(17)23(27)19-10-6-8-16(2)20(19)14-25/h3,6-8,10-12,14,17,26H,1,4-5,9,13,15H2,2H3/t17-/m1/s1. The molecular formula is C23H25NO4. The monoisotopic (exact) mass is 379 g/mol.